The molecule has 3 nitrogen and oxygen atoms in total. The summed E-state index contributed by atoms with van der Waals surface area (Å²) in [6.45, 7) is 11.4. The average Bonchev–Trinajstić information content (AvgIpc) is 2.55. The van der Waals surface area contributed by atoms with Crippen molar-refractivity contribution in [2.24, 2.45) is 5.41 Å². The van der Waals surface area contributed by atoms with Gasteiger partial charge in [-0.1, -0.05) is 27.7 Å². The topological polar surface area (TPSA) is 35.5 Å². The van der Waals surface area contributed by atoms with Crippen molar-refractivity contribution < 1.29 is 5.11 Å². The number of aliphatic hydroxyl groups excluding tert-OH is 1. The minimum atomic E-state index is -0.0408. The third-order valence-electron chi connectivity index (χ3n) is 5.03. The molecule has 3 unspecified atom stereocenters. The van der Waals surface area contributed by atoms with Gasteiger partial charge in [0.2, 0.25) is 0 Å². The highest BCUT2D eigenvalue weighted by Crippen LogP contribution is 2.36. The fraction of sp³-hybridized carbons (Fsp3) is 1.00. The van der Waals surface area contributed by atoms with Gasteiger partial charge in [0.1, 0.15) is 0 Å². The number of aliphatic hydroxyl groups is 1. The van der Waals surface area contributed by atoms with Crippen molar-refractivity contribution in [2.75, 3.05) is 13.1 Å². The van der Waals surface area contributed by atoms with Gasteiger partial charge in [0, 0.05) is 24.7 Å². The fourth-order valence-electron chi connectivity index (χ4n) is 3.98. The molecule has 3 heteroatoms. The summed E-state index contributed by atoms with van der Waals surface area (Å²) in [6, 6.07) is 1.88. The van der Waals surface area contributed by atoms with Crippen LogP contribution in [0.25, 0.3) is 0 Å². The van der Waals surface area contributed by atoms with E-state index in [0.29, 0.717) is 23.5 Å². The Balaban J connectivity index is 1.88. The molecule has 2 aliphatic rings. The molecule has 2 bridgehead atoms. The molecule has 0 aromatic heterocycles. The van der Waals surface area contributed by atoms with Crippen LogP contribution in [0.1, 0.15) is 59.8 Å². The number of hydrogen-bond acceptors (Lipinski definition) is 3. The minimum absolute atomic E-state index is 0.0408. The molecule has 0 spiro atoms. The van der Waals surface area contributed by atoms with Gasteiger partial charge in [-0.05, 0) is 44.1 Å². The van der Waals surface area contributed by atoms with Crippen molar-refractivity contribution in [2.45, 2.75) is 84.0 Å². The van der Waals surface area contributed by atoms with Crippen LogP contribution in [0, 0.1) is 5.41 Å². The third kappa shape index (κ3) is 3.71. The van der Waals surface area contributed by atoms with Crippen molar-refractivity contribution in [3.05, 3.63) is 0 Å². The summed E-state index contributed by atoms with van der Waals surface area (Å²) in [5.41, 5.74) is 0.324. The predicted molar refractivity (Wildman–Crippen MR) is 80.3 cm³/mol. The van der Waals surface area contributed by atoms with Crippen LogP contribution in [0.5, 0.6) is 0 Å². The lowest BCUT2D eigenvalue weighted by Crippen LogP contribution is -2.48. The monoisotopic (exact) mass is 268 g/mol. The molecule has 3 atom stereocenters. The van der Waals surface area contributed by atoms with E-state index >= 15 is 0 Å². The van der Waals surface area contributed by atoms with Crippen LogP contribution in [-0.2, 0) is 0 Å². The fourth-order valence-corrected chi connectivity index (χ4v) is 3.98. The number of rotatable bonds is 5. The molecule has 19 heavy (non-hydrogen) atoms. The molecular weight excluding hydrogens is 236 g/mol. The maximum absolute atomic E-state index is 9.86. The van der Waals surface area contributed by atoms with Crippen LogP contribution in [0.2, 0.25) is 0 Å². The van der Waals surface area contributed by atoms with Crippen LogP contribution >= 0.6 is 0 Å². The Bertz CT molecular complexity index is 273. The Hall–Kier alpha value is -0.120. The van der Waals surface area contributed by atoms with E-state index < -0.39 is 0 Å². The zero-order chi connectivity index (χ0) is 14.0. The molecule has 0 aromatic carbocycles. The van der Waals surface area contributed by atoms with Crippen LogP contribution in [0.3, 0.4) is 0 Å². The summed E-state index contributed by atoms with van der Waals surface area (Å²) in [5, 5.41) is 13.5. The average molecular weight is 268 g/mol. The van der Waals surface area contributed by atoms with Gasteiger partial charge in [-0.3, -0.25) is 4.90 Å². The maximum atomic E-state index is 9.86. The van der Waals surface area contributed by atoms with Gasteiger partial charge in [-0.25, -0.2) is 0 Å². The standard InChI is InChI=1S/C16H32N2O/c1-5-17-15(16(2,3)4)8-9-18-12-6-7-13(18)11-14(19)10-12/h12-15,17,19H,5-11H2,1-4H3. The lowest BCUT2D eigenvalue weighted by atomic mass is 9.84. The second-order valence-electron chi connectivity index (χ2n) is 7.51. The molecule has 0 aliphatic carbocycles. The molecule has 2 aliphatic heterocycles. The largest absolute Gasteiger partial charge is 0.393 e. The van der Waals surface area contributed by atoms with E-state index in [1.54, 1.807) is 0 Å². The van der Waals surface area contributed by atoms with Gasteiger partial charge in [-0.2, -0.15) is 0 Å². The number of piperidine rings is 1. The Labute approximate surface area is 118 Å². The van der Waals surface area contributed by atoms with Crippen molar-refractivity contribution in [1.29, 1.82) is 0 Å². The third-order valence-corrected chi connectivity index (χ3v) is 5.03. The molecule has 2 rings (SSSR count). The molecule has 0 saturated carbocycles. The van der Waals surface area contributed by atoms with Crippen LogP contribution in [0.15, 0.2) is 0 Å². The highest BCUT2D eigenvalue weighted by molar-refractivity contribution is 4.96. The van der Waals surface area contributed by atoms with Crippen LogP contribution in [-0.4, -0.2) is 47.3 Å². The molecule has 0 radical (unpaired) electrons. The lowest BCUT2D eigenvalue weighted by molar-refractivity contribution is 0.0311. The van der Waals surface area contributed by atoms with E-state index in [2.05, 4.69) is 37.9 Å². The highest BCUT2D eigenvalue weighted by Gasteiger charge is 2.40. The molecule has 2 fully saturated rings. The molecule has 0 amide bonds. The number of nitrogens with zero attached hydrogens (tertiary/aromatic N) is 1. The van der Waals surface area contributed by atoms with E-state index in [9.17, 15) is 5.11 Å². The molecule has 2 N–H and O–H groups in total. The van der Waals surface area contributed by atoms with Gasteiger partial charge >= 0.3 is 0 Å². The van der Waals surface area contributed by atoms with Crippen molar-refractivity contribution >= 4 is 0 Å². The van der Waals surface area contributed by atoms with Crippen molar-refractivity contribution in [3.63, 3.8) is 0 Å². The number of fused-ring (bicyclic) bond motifs is 2. The van der Waals surface area contributed by atoms with Crippen LogP contribution < -0.4 is 5.32 Å². The molecule has 112 valence electrons. The zero-order valence-electron chi connectivity index (χ0n) is 13.2. The Morgan fingerprint density at radius 1 is 1.21 bits per heavy atom. The second kappa shape index (κ2) is 6.11. The van der Waals surface area contributed by atoms with Crippen LogP contribution in [0.4, 0.5) is 0 Å². The summed E-state index contributed by atoms with van der Waals surface area (Å²) in [4.78, 5) is 2.68. The Kier molecular flexibility index (Phi) is 4.91. The van der Waals surface area contributed by atoms with Crippen molar-refractivity contribution in [3.8, 4) is 0 Å². The Morgan fingerprint density at radius 3 is 2.26 bits per heavy atom. The normalized spacial score (nSPS) is 33.6. The molecule has 0 aromatic rings. The maximum Gasteiger partial charge on any atom is 0.0570 e. The van der Waals surface area contributed by atoms with Gasteiger partial charge in [0.15, 0.2) is 0 Å². The van der Waals surface area contributed by atoms with Gasteiger partial charge in [0.25, 0.3) is 0 Å². The number of hydrogen-bond donors (Lipinski definition) is 2. The molecular formula is C16H32N2O. The minimum Gasteiger partial charge on any atom is -0.393 e. The summed E-state index contributed by atoms with van der Waals surface area (Å²) in [5.74, 6) is 0. The first-order valence-corrected chi connectivity index (χ1v) is 8.09. The van der Waals surface area contributed by atoms with E-state index in [-0.39, 0.29) is 6.10 Å². The first-order valence-electron chi connectivity index (χ1n) is 8.09. The van der Waals surface area contributed by atoms with Gasteiger partial charge < -0.3 is 10.4 Å². The summed E-state index contributed by atoms with van der Waals surface area (Å²) < 4.78 is 0. The van der Waals surface area contributed by atoms with E-state index in [0.717, 1.165) is 19.4 Å². The smallest absolute Gasteiger partial charge is 0.0570 e. The van der Waals surface area contributed by atoms with Gasteiger partial charge in [-0.15, -0.1) is 0 Å². The highest BCUT2D eigenvalue weighted by atomic mass is 16.3. The lowest BCUT2D eigenvalue weighted by Gasteiger charge is -2.39. The van der Waals surface area contributed by atoms with E-state index in [4.69, 9.17) is 0 Å². The van der Waals surface area contributed by atoms with E-state index in [1.807, 2.05) is 0 Å². The first kappa shape index (κ1) is 15.3. The first-order chi connectivity index (χ1) is 8.91. The van der Waals surface area contributed by atoms with Crippen molar-refractivity contribution in [1.82, 2.24) is 10.2 Å². The predicted octanol–water partition coefficient (Wildman–Crippen LogP) is 2.39. The summed E-state index contributed by atoms with van der Waals surface area (Å²) in [6.07, 6.45) is 5.77. The van der Waals surface area contributed by atoms with Gasteiger partial charge in [0.05, 0.1) is 6.10 Å². The number of nitrogens with one attached hydrogen (secondary N) is 1. The SMILES string of the molecule is CCNC(CCN1C2CCC1CC(O)C2)C(C)(C)C. The summed E-state index contributed by atoms with van der Waals surface area (Å²) >= 11 is 0. The van der Waals surface area contributed by atoms with E-state index in [1.165, 1.54) is 25.8 Å². The molecule has 2 saturated heterocycles. The second-order valence-corrected chi connectivity index (χ2v) is 7.51. The Morgan fingerprint density at radius 2 is 1.79 bits per heavy atom. The quantitative estimate of drug-likeness (QED) is 0.803. The summed E-state index contributed by atoms with van der Waals surface area (Å²) in [7, 11) is 0. The molecule has 2 heterocycles. The zero-order valence-corrected chi connectivity index (χ0v) is 13.2.